The van der Waals surface area contributed by atoms with Crippen molar-refractivity contribution in [1.82, 2.24) is 15.5 Å². The van der Waals surface area contributed by atoms with Crippen LogP contribution >= 0.6 is 11.3 Å². The van der Waals surface area contributed by atoms with Gasteiger partial charge in [-0.3, -0.25) is 4.79 Å². The summed E-state index contributed by atoms with van der Waals surface area (Å²) >= 11 is 1.54. The van der Waals surface area contributed by atoms with Gasteiger partial charge in [0.25, 0.3) is 5.91 Å². The van der Waals surface area contributed by atoms with Gasteiger partial charge >= 0.3 is 0 Å². The second-order valence-electron chi connectivity index (χ2n) is 6.45. The van der Waals surface area contributed by atoms with Crippen molar-refractivity contribution in [2.75, 3.05) is 0 Å². The average Bonchev–Trinajstić information content (AvgIpc) is 3.51. The fourth-order valence-electron chi connectivity index (χ4n) is 3.01. The van der Waals surface area contributed by atoms with Crippen LogP contribution in [0.1, 0.15) is 21.9 Å². The zero-order chi connectivity index (χ0) is 19.8. The third kappa shape index (κ3) is 3.34. The summed E-state index contributed by atoms with van der Waals surface area (Å²) in [4.78, 5) is 18.0. The van der Waals surface area contributed by atoms with E-state index in [0.29, 0.717) is 46.1 Å². The largest absolute Gasteiger partial charge is 0.465 e. The molecule has 0 atom stereocenters. The Bertz CT molecular complexity index is 1300. The van der Waals surface area contributed by atoms with Crippen LogP contribution in [0.2, 0.25) is 0 Å². The first-order valence-electron chi connectivity index (χ1n) is 8.90. The lowest BCUT2D eigenvalue weighted by Crippen LogP contribution is -2.22. The second-order valence-corrected chi connectivity index (χ2v) is 7.40. The van der Waals surface area contributed by atoms with Gasteiger partial charge in [0, 0.05) is 5.56 Å². The lowest BCUT2D eigenvalue weighted by molar-refractivity contribution is 0.0948. The minimum absolute atomic E-state index is 0.215. The zero-order valence-electron chi connectivity index (χ0n) is 15.3. The summed E-state index contributed by atoms with van der Waals surface area (Å²) in [6.45, 7) is 2.18. The number of fused-ring (bicyclic) bond motifs is 1. The number of benzene rings is 1. The molecule has 0 bridgehead atoms. The van der Waals surface area contributed by atoms with E-state index in [1.54, 1.807) is 35.8 Å². The van der Waals surface area contributed by atoms with Crippen LogP contribution in [-0.4, -0.2) is 16.0 Å². The number of rotatable bonds is 5. The van der Waals surface area contributed by atoms with Crippen molar-refractivity contribution >= 4 is 28.2 Å². The van der Waals surface area contributed by atoms with E-state index in [2.05, 4.69) is 15.5 Å². The van der Waals surface area contributed by atoms with E-state index in [1.807, 2.05) is 36.6 Å². The Morgan fingerprint density at radius 3 is 2.93 bits per heavy atom. The summed E-state index contributed by atoms with van der Waals surface area (Å²) in [5.41, 5.74) is 2.14. The third-order valence-corrected chi connectivity index (χ3v) is 5.29. The van der Waals surface area contributed by atoms with Crippen molar-refractivity contribution in [2.24, 2.45) is 0 Å². The Labute approximate surface area is 169 Å². The van der Waals surface area contributed by atoms with Crippen LogP contribution in [0.15, 0.2) is 67.5 Å². The van der Waals surface area contributed by atoms with Gasteiger partial charge in [-0.15, -0.1) is 11.3 Å². The molecule has 7 nitrogen and oxygen atoms in total. The Morgan fingerprint density at radius 2 is 2.14 bits per heavy atom. The maximum absolute atomic E-state index is 12.6. The number of furan rings is 1. The number of carbonyl (C=O) groups is 1. The fraction of sp³-hybridized carbons (Fsp3) is 0.0952. The monoisotopic (exact) mass is 405 g/mol. The Kier molecular flexibility index (Phi) is 4.25. The molecule has 5 aromatic rings. The van der Waals surface area contributed by atoms with E-state index in [0.717, 1.165) is 10.6 Å². The first-order chi connectivity index (χ1) is 14.2. The van der Waals surface area contributed by atoms with E-state index in [4.69, 9.17) is 13.4 Å². The second kappa shape index (κ2) is 7.06. The maximum atomic E-state index is 12.6. The molecule has 0 unspecified atom stereocenters. The SMILES string of the molecule is Cc1ccc(CNC(=O)c2ccc3onc(-c4coc(-c5cccs5)n4)c3c2)o1. The minimum atomic E-state index is -0.215. The first-order valence-corrected chi connectivity index (χ1v) is 9.78. The number of hydrogen-bond acceptors (Lipinski definition) is 7. The number of nitrogens with one attached hydrogen (secondary N) is 1. The molecule has 0 spiro atoms. The van der Waals surface area contributed by atoms with Gasteiger partial charge in [0.15, 0.2) is 5.58 Å². The molecule has 0 aliphatic heterocycles. The minimum Gasteiger partial charge on any atom is -0.465 e. The zero-order valence-corrected chi connectivity index (χ0v) is 16.2. The normalized spacial score (nSPS) is 11.2. The molecule has 8 heteroatoms. The van der Waals surface area contributed by atoms with Gasteiger partial charge in [-0.1, -0.05) is 11.2 Å². The van der Waals surface area contributed by atoms with Crippen LogP contribution in [0, 0.1) is 6.92 Å². The van der Waals surface area contributed by atoms with Gasteiger partial charge in [-0.2, -0.15) is 0 Å². The Morgan fingerprint density at radius 1 is 1.21 bits per heavy atom. The highest BCUT2D eigenvalue weighted by molar-refractivity contribution is 7.13. The van der Waals surface area contributed by atoms with Crippen LogP contribution in [0.3, 0.4) is 0 Å². The molecule has 0 saturated carbocycles. The number of nitrogens with zero attached hydrogens (tertiary/aromatic N) is 2. The highest BCUT2D eigenvalue weighted by atomic mass is 32.1. The molecule has 1 amide bonds. The summed E-state index contributed by atoms with van der Waals surface area (Å²) in [5.74, 6) is 1.81. The number of aryl methyl sites for hydroxylation is 1. The predicted octanol–water partition coefficient (Wildman–Crippen LogP) is 5.04. The summed E-state index contributed by atoms with van der Waals surface area (Å²) < 4.78 is 16.5. The molecule has 0 radical (unpaired) electrons. The molecular weight excluding hydrogens is 390 g/mol. The number of hydrogen-bond donors (Lipinski definition) is 1. The smallest absolute Gasteiger partial charge is 0.251 e. The molecule has 4 aromatic heterocycles. The van der Waals surface area contributed by atoms with Gasteiger partial charge in [-0.25, -0.2) is 4.98 Å². The van der Waals surface area contributed by atoms with Gasteiger partial charge < -0.3 is 18.7 Å². The first kappa shape index (κ1) is 17.4. The molecule has 29 heavy (non-hydrogen) atoms. The topological polar surface area (TPSA) is 94.3 Å². The van der Waals surface area contributed by atoms with Crippen LogP contribution in [-0.2, 0) is 6.54 Å². The van der Waals surface area contributed by atoms with Crippen LogP contribution < -0.4 is 5.32 Å². The molecule has 0 aliphatic rings. The van der Waals surface area contributed by atoms with Crippen molar-refractivity contribution < 1.29 is 18.2 Å². The van der Waals surface area contributed by atoms with E-state index >= 15 is 0 Å². The predicted molar refractivity (Wildman–Crippen MR) is 107 cm³/mol. The van der Waals surface area contributed by atoms with Gasteiger partial charge in [0.2, 0.25) is 5.89 Å². The van der Waals surface area contributed by atoms with Crippen LogP contribution in [0.5, 0.6) is 0 Å². The third-order valence-electron chi connectivity index (χ3n) is 4.43. The maximum Gasteiger partial charge on any atom is 0.251 e. The summed E-state index contributed by atoms with van der Waals surface area (Å²) in [6, 6.07) is 12.7. The number of amides is 1. The molecule has 144 valence electrons. The Hall–Kier alpha value is -3.65. The van der Waals surface area contributed by atoms with Crippen molar-refractivity contribution in [3.63, 3.8) is 0 Å². The quantitative estimate of drug-likeness (QED) is 0.440. The molecule has 0 saturated heterocycles. The molecule has 4 heterocycles. The number of thiophene rings is 1. The number of oxazole rings is 1. The highest BCUT2D eigenvalue weighted by Crippen LogP contribution is 2.31. The van der Waals surface area contributed by atoms with E-state index < -0.39 is 0 Å². The number of aromatic nitrogens is 2. The van der Waals surface area contributed by atoms with Crippen molar-refractivity contribution in [3.05, 3.63) is 71.2 Å². The average molecular weight is 405 g/mol. The highest BCUT2D eigenvalue weighted by Gasteiger charge is 2.18. The van der Waals surface area contributed by atoms with Crippen LogP contribution in [0.25, 0.3) is 33.1 Å². The summed E-state index contributed by atoms with van der Waals surface area (Å²) in [6.07, 6.45) is 1.54. The Balaban J connectivity index is 1.42. The van der Waals surface area contributed by atoms with Crippen LogP contribution in [0.4, 0.5) is 0 Å². The lowest BCUT2D eigenvalue weighted by atomic mass is 10.1. The van der Waals surface area contributed by atoms with Gasteiger partial charge in [0.05, 0.1) is 16.8 Å². The molecule has 0 fully saturated rings. The molecule has 0 aliphatic carbocycles. The molecule has 5 rings (SSSR count). The molecule has 1 aromatic carbocycles. The molecule has 1 N–H and O–H groups in total. The molecular formula is C21H15N3O4S. The van der Waals surface area contributed by atoms with E-state index in [-0.39, 0.29) is 5.91 Å². The van der Waals surface area contributed by atoms with E-state index in [1.165, 1.54) is 0 Å². The van der Waals surface area contributed by atoms with Crippen molar-refractivity contribution in [3.8, 4) is 22.2 Å². The van der Waals surface area contributed by atoms with Gasteiger partial charge in [0.1, 0.15) is 29.2 Å². The summed E-state index contributed by atoms with van der Waals surface area (Å²) in [5, 5.41) is 9.62. The lowest BCUT2D eigenvalue weighted by Gasteiger charge is -2.03. The van der Waals surface area contributed by atoms with Crippen molar-refractivity contribution in [2.45, 2.75) is 13.5 Å². The summed E-state index contributed by atoms with van der Waals surface area (Å²) in [7, 11) is 0. The fourth-order valence-corrected chi connectivity index (χ4v) is 3.67. The van der Waals surface area contributed by atoms with E-state index in [9.17, 15) is 4.79 Å². The number of carbonyl (C=O) groups excluding carboxylic acids is 1. The van der Waals surface area contributed by atoms with Gasteiger partial charge in [-0.05, 0) is 48.7 Å². The van der Waals surface area contributed by atoms with Crippen molar-refractivity contribution in [1.29, 1.82) is 0 Å². The standard InChI is InChI=1S/C21H15N3O4S/c1-12-4-6-14(27-12)10-22-20(25)13-5-7-17-15(9-13)19(24-28-17)16-11-26-21(23-16)18-3-2-8-29-18/h2-9,11H,10H2,1H3,(H,22,25).